The van der Waals surface area contributed by atoms with Gasteiger partial charge in [0.15, 0.2) is 0 Å². The first-order valence-electron chi connectivity index (χ1n) is 4.69. The number of halogens is 1. The molecule has 1 atom stereocenters. The van der Waals surface area contributed by atoms with Crippen molar-refractivity contribution in [3.05, 3.63) is 35.1 Å². The Bertz CT molecular complexity index is 545. The highest BCUT2D eigenvalue weighted by atomic mass is 35.5. The van der Waals surface area contributed by atoms with E-state index >= 15 is 0 Å². The Morgan fingerprint density at radius 3 is 3.00 bits per heavy atom. The summed E-state index contributed by atoms with van der Waals surface area (Å²) in [6.45, 7) is 0. The van der Waals surface area contributed by atoms with Crippen LogP contribution in [0.25, 0.3) is 0 Å². The van der Waals surface area contributed by atoms with Crippen molar-refractivity contribution in [2.24, 2.45) is 0 Å². The number of aromatic nitrogens is 2. The van der Waals surface area contributed by atoms with Crippen molar-refractivity contribution in [1.82, 2.24) is 9.36 Å². The maximum Gasteiger partial charge on any atom is 0.235 e. The lowest BCUT2D eigenvalue weighted by Crippen LogP contribution is -1.96. The summed E-state index contributed by atoms with van der Waals surface area (Å²) < 4.78 is 21.3. The zero-order chi connectivity index (χ0) is 12.3. The molecular weight excluding hydrogens is 280 g/mol. The first kappa shape index (κ1) is 12.5. The molecule has 0 saturated heterocycles. The molecular formula is C10H9ClN2O2S2. The molecule has 0 fully saturated rings. The average Bonchev–Trinajstić information content (AvgIpc) is 2.76. The molecule has 0 bridgehead atoms. The van der Waals surface area contributed by atoms with Crippen LogP contribution in [0.4, 0.5) is 0 Å². The fraction of sp³-hybridized carbons (Fsp3) is 0.200. The van der Waals surface area contributed by atoms with Gasteiger partial charge in [-0.3, -0.25) is 4.21 Å². The molecule has 0 aliphatic heterocycles. The van der Waals surface area contributed by atoms with Gasteiger partial charge in [-0.15, -0.1) is 0 Å². The highest BCUT2D eigenvalue weighted by Crippen LogP contribution is 2.19. The predicted molar refractivity (Wildman–Crippen MR) is 68.0 cm³/mol. The number of nitrogens with zero attached hydrogens (tertiary/aromatic N) is 2. The van der Waals surface area contributed by atoms with Crippen LogP contribution < -0.4 is 4.74 Å². The normalized spacial score (nSPS) is 12.4. The number of rotatable bonds is 4. The Kier molecular flexibility index (Phi) is 4.09. The molecule has 2 rings (SSSR count). The van der Waals surface area contributed by atoms with Crippen LogP contribution >= 0.6 is 23.1 Å². The summed E-state index contributed by atoms with van der Waals surface area (Å²) in [5.74, 6) is 1.12. The molecule has 1 aromatic carbocycles. The van der Waals surface area contributed by atoms with E-state index in [1.807, 2.05) is 24.3 Å². The number of hydrogen-bond donors (Lipinski definition) is 0. The Hall–Kier alpha value is -0.980. The Labute approximate surface area is 110 Å². The molecule has 0 N–H and O–H groups in total. The van der Waals surface area contributed by atoms with E-state index in [9.17, 15) is 4.21 Å². The largest absolute Gasteiger partial charge is 0.497 e. The zero-order valence-electron chi connectivity index (χ0n) is 8.92. The van der Waals surface area contributed by atoms with Crippen molar-refractivity contribution in [2.45, 2.75) is 10.1 Å². The van der Waals surface area contributed by atoms with Crippen LogP contribution in [0.3, 0.4) is 0 Å². The maximum atomic E-state index is 11.9. The van der Waals surface area contributed by atoms with E-state index < -0.39 is 10.8 Å². The Morgan fingerprint density at radius 1 is 1.53 bits per heavy atom. The first-order chi connectivity index (χ1) is 8.19. The van der Waals surface area contributed by atoms with E-state index in [0.29, 0.717) is 10.1 Å². The molecule has 7 heteroatoms. The summed E-state index contributed by atoms with van der Waals surface area (Å²) >= 11 is 6.65. The van der Waals surface area contributed by atoms with Crippen molar-refractivity contribution in [3.8, 4) is 5.75 Å². The van der Waals surface area contributed by atoms with Gasteiger partial charge in [0.05, 0.1) is 23.7 Å². The molecule has 0 aliphatic rings. The van der Waals surface area contributed by atoms with E-state index in [1.54, 1.807) is 7.11 Å². The van der Waals surface area contributed by atoms with Gasteiger partial charge in [-0.05, 0) is 40.8 Å². The topological polar surface area (TPSA) is 52.1 Å². The van der Waals surface area contributed by atoms with Crippen LogP contribution in [0.5, 0.6) is 5.75 Å². The smallest absolute Gasteiger partial charge is 0.235 e. The molecule has 17 heavy (non-hydrogen) atoms. The minimum absolute atomic E-state index is 0.143. The molecule has 0 aliphatic carbocycles. The molecule has 0 saturated carbocycles. The van der Waals surface area contributed by atoms with Gasteiger partial charge in [0.1, 0.15) is 5.75 Å². The van der Waals surface area contributed by atoms with Crippen LogP contribution in [0.1, 0.15) is 5.56 Å². The quantitative estimate of drug-likeness (QED) is 0.867. The standard InChI is InChI=1S/C10H9ClN2O2S2/c1-15-8-4-2-3-7(5-8)6-17(14)10-12-9(11)13-16-10/h2-5H,6H2,1H3/t17-/m1/s1. The number of methoxy groups -OCH3 is 1. The molecule has 0 amide bonds. The lowest BCUT2D eigenvalue weighted by atomic mass is 10.2. The van der Waals surface area contributed by atoms with Crippen molar-refractivity contribution in [3.63, 3.8) is 0 Å². The van der Waals surface area contributed by atoms with E-state index in [4.69, 9.17) is 16.3 Å². The summed E-state index contributed by atoms with van der Waals surface area (Å²) in [4.78, 5) is 3.89. The van der Waals surface area contributed by atoms with E-state index in [2.05, 4.69) is 9.36 Å². The third-order valence-electron chi connectivity index (χ3n) is 2.01. The van der Waals surface area contributed by atoms with Crippen LogP contribution in [-0.2, 0) is 16.6 Å². The highest BCUT2D eigenvalue weighted by molar-refractivity contribution is 7.86. The van der Waals surface area contributed by atoms with Gasteiger partial charge >= 0.3 is 0 Å². The Balaban J connectivity index is 2.12. The minimum Gasteiger partial charge on any atom is -0.497 e. The lowest BCUT2D eigenvalue weighted by molar-refractivity contribution is 0.414. The van der Waals surface area contributed by atoms with Crippen molar-refractivity contribution in [2.75, 3.05) is 7.11 Å². The summed E-state index contributed by atoms with van der Waals surface area (Å²) in [5, 5.41) is 0.143. The second-order valence-corrected chi connectivity index (χ2v) is 5.89. The van der Waals surface area contributed by atoms with Gasteiger partial charge in [0.25, 0.3) is 0 Å². The SMILES string of the molecule is COc1cccc(C[S@@](=O)c2nc(Cl)ns2)c1. The third kappa shape index (κ3) is 3.24. The van der Waals surface area contributed by atoms with Gasteiger partial charge in [0.2, 0.25) is 9.62 Å². The molecule has 0 spiro atoms. The van der Waals surface area contributed by atoms with E-state index in [1.165, 1.54) is 0 Å². The number of benzene rings is 1. The van der Waals surface area contributed by atoms with Crippen molar-refractivity contribution < 1.29 is 8.95 Å². The minimum atomic E-state index is -1.22. The Morgan fingerprint density at radius 2 is 2.35 bits per heavy atom. The van der Waals surface area contributed by atoms with E-state index in [-0.39, 0.29) is 5.28 Å². The molecule has 1 heterocycles. The first-order valence-corrected chi connectivity index (χ1v) is 7.16. The molecule has 1 aromatic heterocycles. The second kappa shape index (κ2) is 5.57. The lowest BCUT2D eigenvalue weighted by Gasteiger charge is -2.02. The molecule has 90 valence electrons. The number of hydrogen-bond acceptors (Lipinski definition) is 5. The average molecular weight is 289 g/mol. The predicted octanol–water partition coefficient (Wildman–Crippen LogP) is 2.51. The maximum absolute atomic E-state index is 11.9. The summed E-state index contributed by atoms with van der Waals surface area (Å²) in [6.07, 6.45) is 0. The highest BCUT2D eigenvalue weighted by Gasteiger charge is 2.11. The van der Waals surface area contributed by atoms with E-state index in [0.717, 1.165) is 22.8 Å². The summed E-state index contributed by atoms with van der Waals surface area (Å²) in [6, 6.07) is 7.44. The van der Waals surface area contributed by atoms with Gasteiger partial charge in [0, 0.05) is 0 Å². The van der Waals surface area contributed by atoms with Crippen molar-refractivity contribution >= 4 is 33.9 Å². The molecule has 0 radical (unpaired) electrons. The van der Waals surface area contributed by atoms with Gasteiger partial charge < -0.3 is 4.74 Å². The summed E-state index contributed by atoms with van der Waals surface area (Å²) in [5.41, 5.74) is 0.925. The number of ether oxygens (including phenoxy) is 1. The molecule has 2 aromatic rings. The molecule has 4 nitrogen and oxygen atoms in total. The van der Waals surface area contributed by atoms with Gasteiger partial charge in [-0.25, -0.2) is 0 Å². The van der Waals surface area contributed by atoms with Gasteiger partial charge in [-0.2, -0.15) is 9.36 Å². The monoisotopic (exact) mass is 288 g/mol. The fourth-order valence-corrected chi connectivity index (χ4v) is 3.29. The van der Waals surface area contributed by atoms with Crippen LogP contribution in [0.2, 0.25) is 5.28 Å². The zero-order valence-corrected chi connectivity index (χ0v) is 11.3. The third-order valence-corrected chi connectivity index (χ3v) is 4.65. The van der Waals surface area contributed by atoms with Crippen LogP contribution in [0.15, 0.2) is 28.6 Å². The second-order valence-electron chi connectivity index (χ2n) is 3.17. The van der Waals surface area contributed by atoms with Crippen molar-refractivity contribution in [1.29, 1.82) is 0 Å². The molecule has 0 unspecified atom stereocenters. The van der Waals surface area contributed by atoms with Crippen LogP contribution in [-0.4, -0.2) is 20.7 Å². The van der Waals surface area contributed by atoms with Crippen LogP contribution in [0, 0.1) is 0 Å². The summed E-state index contributed by atoms with van der Waals surface area (Å²) in [7, 11) is 0.379. The van der Waals surface area contributed by atoms with Gasteiger partial charge in [-0.1, -0.05) is 12.1 Å². The fourth-order valence-electron chi connectivity index (χ4n) is 1.26.